The molecule has 0 spiro atoms. The number of ether oxygens (including phenoxy) is 1. The van der Waals surface area contributed by atoms with Crippen molar-refractivity contribution in [1.82, 2.24) is 14.8 Å². The van der Waals surface area contributed by atoms with E-state index in [1.165, 1.54) is 23.2 Å². The van der Waals surface area contributed by atoms with Gasteiger partial charge in [-0.25, -0.2) is 15.1 Å². The number of hydrogen-bond acceptors (Lipinski definition) is 6. The highest BCUT2D eigenvalue weighted by atomic mass is 35.5. The van der Waals surface area contributed by atoms with Gasteiger partial charge in [0.1, 0.15) is 18.6 Å². The minimum Gasteiger partial charge on any atom is -0.340 e. The lowest BCUT2D eigenvalue weighted by molar-refractivity contribution is -0.486. The Balaban J connectivity index is 2.24. The second kappa shape index (κ2) is 6.11. The first-order valence-corrected chi connectivity index (χ1v) is 6.61. The lowest BCUT2D eigenvalue weighted by atomic mass is 10.4. The van der Waals surface area contributed by atoms with Gasteiger partial charge in [-0.2, -0.15) is 0 Å². The molecular formula is C9H10ClN5O4S. The highest BCUT2D eigenvalue weighted by Gasteiger charge is 2.30. The van der Waals surface area contributed by atoms with Crippen LogP contribution in [-0.2, 0) is 16.1 Å². The minimum absolute atomic E-state index is 0.0572. The number of rotatable bonds is 3. The van der Waals surface area contributed by atoms with Crippen molar-refractivity contribution < 1.29 is 14.6 Å². The maximum atomic E-state index is 11.5. The van der Waals surface area contributed by atoms with Crippen LogP contribution in [0.15, 0.2) is 11.3 Å². The molecule has 108 valence electrons. The van der Waals surface area contributed by atoms with Crippen LogP contribution in [0.4, 0.5) is 0 Å². The summed E-state index contributed by atoms with van der Waals surface area (Å²) >= 11 is 6.97. The first-order chi connectivity index (χ1) is 9.47. The molecule has 1 fully saturated rings. The van der Waals surface area contributed by atoms with Crippen LogP contribution in [-0.4, -0.2) is 45.1 Å². The summed E-state index contributed by atoms with van der Waals surface area (Å²) in [5, 5.41) is 13.0. The van der Waals surface area contributed by atoms with Crippen molar-refractivity contribution in [1.29, 1.82) is 0 Å². The van der Waals surface area contributed by atoms with Crippen LogP contribution in [0.2, 0.25) is 4.47 Å². The molecule has 9 nitrogen and oxygen atoms in total. The Labute approximate surface area is 122 Å². The standard InChI is InChI=1S/C9H10ClN5O4S/c1-6(16)14-5-19-4-13(9(14)12-15(17)18)3-7-2-11-8(10)20-7/h2H,3-5H2,1H3. The predicted molar refractivity (Wildman–Crippen MR) is 70.4 cm³/mol. The number of guanidine groups is 1. The van der Waals surface area contributed by atoms with Gasteiger partial charge in [-0.1, -0.05) is 11.6 Å². The zero-order chi connectivity index (χ0) is 14.7. The fraction of sp³-hybridized carbons (Fsp3) is 0.444. The molecule has 0 aliphatic carbocycles. The number of nitro groups is 1. The van der Waals surface area contributed by atoms with Gasteiger partial charge in [-0.3, -0.25) is 9.69 Å². The molecule has 1 aliphatic rings. The molecule has 1 aliphatic heterocycles. The number of hydrogen-bond donors (Lipinski definition) is 0. The second-order valence-corrected chi connectivity index (χ2v) is 5.52. The molecule has 20 heavy (non-hydrogen) atoms. The molecule has 1 saturated heterocycles. The van der Waals surface area contributed by atoms with Crippen molar-refractivity contribution in [2.24, 2.45) is 5.10 Å². The Morgan fingerprint density at radius 1 is 1.70 bits per heavy atom. The van der Waals surface area contributed by atoms with E-state index in [0.29, 0.717) is 4.47 Å². The lowest BCUT2D eigenvalue weighted by Gasteiger charge is -2.34. The molecule has 11 heteroatoms. The van der Waals surface area contributed by atoms with Crippen LogP contribution in [0.5, 0.6) is 0 Å². The van der Waals surface area contributed by atoms with E-state index in [9.17, 15) is 14.9 Å². The highest BCUT2D eigenvalue weighted by Crippen LogP contribution is 2.21. The van der Waals surface area contributed by atoms with Gasteiger partial charge in [-0.15, -0.1) is 11.3 Å². The third-order valence-electron chi connectivity index (χ3n) is 2.42. The molecule has 0 radical (unpaired) electrons. The van der Waals surface area contributed by atoms with Crippen molar-refractivity contribution in [3.05, 3.63) is 25.7 Å². The van der Waals surface area contributed by atoms with Crippen molar-refractivity contribution >= 4 is 34.8 Å². The van der Waals surface area contributed by atoms with E-state index in [1.54, 1.807) is 6.20 Å². The van der Waals surface area contributed by atoms with Gasteiger partial charge in [0.25, 0.3) is 5.96 Å². The summed E-state index contributed by atoms with van der Waals surface area (Å²) in [5.41, 5.74) is 0. The fourth-order valence-corrected chi connectivity index (χ4v) is 2.61. The molecule has 1 amide bonds. The van der Waals surface area contributed by atoms with E-state index < -0.39 is 10.9 Å². The molecular weight excluding hydrogens is 310 g/mol. The van der Waals surface area contributed by atoms with Crippen LogP contribution in [0, 0.1) is 10.1 Å². The molecule has 0 N–H and O–H groups in total. The zero-order valence-electron chi connectivity index (χ0n) is 10.4. The predicted octanol–water partition coefficient (Wildman–Crippen LogP) is 0.940. The number of nitrogens with zero attached hydrogens (tertiary/aromatic N) is 5. The molecule has 1 aromatic heterocycles. The van der Waals surface area contributed by atoms with E-state index in [2.05, 4.69) is 10.1 Å². The average molecular weight is 320 g/mol. The molecule has 0 bridgehead atoms. The van der Waals surface area contributed by atoms with Gasteiger partial charge < -0.3 is 9.64 Å². The number of hydrazone groups is 1. The summed E-state index contributed by atoms with van der Waals surface area (Å²) in [6.45, 7) is 1.57. The monoisotopic (exact) mass is 319 g/mol. The topological polar surface area (TPSA) is 101 Å². The van der Waals surface area contributed by atoms with Crippen LogP contribution >= 0.6 is 22.9 Å². The summed E-state index contributed by atoms with van der Waals surface area (Å²) in [5.74, 6) is -0.448. The Kier molecular flexibility index (Phi) is 4.47. The van der Waals surface area contributed by atoms with Crippen molar-refractivity contribution in [2.75, 3.05) is 13.5 Å². The first-order valence-electron chi connectivity index (χ1n) is 5.41. The molecule has 1 aromatic rings. The Bertz CT molecular complexity index is 562. The number of aromatic nitrogens is 1. The zero-order valence-corrected chi connectivity index (χ0v) is 11.9. The van der Waals surface area contributed by atoms with Crippen molar-refractivity contribution in [3.8, 4) is 0 Å². The maximum Gasteiger partial charge on any atom is 0.284 e. The smallest absolute Gasteiger partial charge is 0.284 e. The van der Waals surface area contributed by atoms with E-state index in [4.69, 9.17) is 16.3 Å². The highest BCUT2D eigenvalue weighted by molar-refractivity contribution is 7.15. The molecule has 0 unspecified atom stereocenters. The molecule has 0 atom stereocenters. The number of halogens is 1. The average Bonchev–Trinajstić information content (AvgIpc) is 2.76. The molecule has 2 heterocycles. The lowest BCUT2D eigenvalue weighted by Crippen LogP contribution is -2.53. The Hall–Kier alpha value is -1.78. The fourth-order valence-electron chi connectivity index (χ4n) is 1.61. The Morgan fingerprint density at radius 3 is 3.00 bits per heavy atom. The third kappa shape index (κ3) is 3.40. The number of carbonyl (C=O) groups excluding carboxylic acids is 1. The summed E-state index contributed by atoms with van der Waals surface area (Å²) in [4.78, 5) is 29.3. The molecule has 0 aromatic carbocycles. The third-order valence-corrected chi connectivity index (χ3v) is 3.51. The van der Waals surface area contributed by atoms with Gasteiger partial charge in [0.2, 0.25) is 5.91 Å². The van der Waals surface area contributed by atoms with Gasteiger partial charge >= 0.3 is 0 Å². The summed E-state index contributed by atoms with van der Waals surface area (Å²) < 4.78 is 5.60. The van der Waals surface area contributed by atoms with E-state index >= 15 is 0 Å². The van der Waals surface area contributed by atoms with Crippen molar-refractivity contribution in [3.63, 3.8) is 0 Å². The van der Waals surface area contributed by atoms with Crippen LogP contribution in [0.1, 0.15) is 11.8 Å². The number of thiazole rings is 1. The van der Waals surface area contributed by atoms with Crippen LogP contribution < -0.4 is 0 Å². The molecule has 0 saturated carbocycles. The van der Waals surface area contributed by atoms with Crippen LogP contribution in [0.3, 0.4) is 0 Å². The van der Waals surface area contributed by atoms with Gasteiger partial charge in [0.15, 0.2) is 9.50 Å². The normalized spacial score (nSPS) is 17.6. The summed E-state index contributed by atoms with van der Waals surface area (Å²) in [6.07, 6.45) is 1.56. The first kappa shape index (κ1) is 14.6. The largest absolute Gasteiger partial charge is 0.340 e. The van der Waals surface area contributed by atoms with E-state index in [-0.39, 0.29) is 26.0 Å². The van der Waals surface area contributed by atoms with Crippen LogP contribution in [0.25, 0.3) is 0 Å². The summed E-state index contributed by atoms with van der Waals surface area (Å²) in [7, 11) is 0. The van der Waals surface area contributed by atoms with Gasteiger partial charge in [0.05, 0.1) is 6.54 Å². The second-order valence-electron chi connectivity index (χ2n) is 3.82. The molecule has 2 rings (SSSR count). The van der Waals surface area contributed by atoms with E-state index in [0.717, 1.165) is 9.78 Å². The number of carbonyl (C=O) groups is 1. The van der Waals surface area contributed by atoms with Gasteiger partial charge in [-0.05, 0) is 0 Å². The maximum absolute atomic E-state index is 11.5. The SMILES string of the molecule is CC(=O)N1COCN(Cc2cnc(Cl)s2)C1=N[N+](=O)[O-]. The van der Waals surface area contributed by atoms with Crippen molar-refractivity contribution in [2.45, 2.75) is 13.5 Å². The quantitative estimate of drug-likeness (QED) is 0.607. The Morgan fingerprint density at radius 2 is 2.45 bits per heavy atom. The van der Waals surface area contributed by atoms with Gasteiger partial charge in [0, 0.05) is 18.0 Å². The number of amides is 1. The summed E-state index contributed by atoms with van der Waals surface area (Å²) in [6, 6.07) is 0. The van der Waals surface area contributed by atoms with E-state index in [1.807, 2.05) is 0 Å². The minimum atomic E-state index is -0.844.